The van der Waals surface area contributed by atoms with Crippen LogP contribution in [0.25, 0.3) is 0 Å². The fourth-order valence-corrected chi connectivity index (χ4v) is 3.76. The number of aromatic nitrogens is 1. The number of H-pyrrole nitrogens is 1. The molecule has 3 rings (SSSR count). The second kappa shape index (κ2) is 8.82. The molecule has 8 heteroatoms. The molecular formula is C22H24N4O4. The van der Waals surface area contributed by atoms with Crippen LogP contribution in [0, 0.1) is 25.2 Å². The average Bonchev–Trinajstić information content (AvgIpc) is 3.13. The molecule has 2 N–H and O–H groups in total. The van der Waals surface area contributed by atoms with Crippen molar-refractivity contribution in [1.82, 2.24) is 4.98 Å². The first-order valence-corrected chi connectivity index (χ1v) is 9.76. The Morgan fingerprint density at radius 2 is 2.10 bits per heavy atom. The van der Waals surface area contributed by atoms with Crippen LogP contribution in [0.2, 0.25) is 0 Å². The Kier molecular flexibility index (Phi) is 6.21. The SMILES string of the molecule is COc1ccc(NC(=O)CCc2c(C)[nH]c(=O)c(C#N)c2C)cc1N1CCCC1=O. The van der Waals surface area contributed by atoms with Crippen molar-refractivity contribution in [2.24, 2.45) is 0 Å². The highest BCUT2D eigenvalue weighted by Crippen LogP contribution is 2.34. The summed E-state index contributed by atoms with van der Waals surface area (Å²) >= 11 is 0. The molecule has 0 radical (unpaired) electrons. The third-order valence-electron chi connectivity index (χ3n) is 5.35. The Bertz CT molecular complexity index is 1100. The van der Waals surface area contributed by atoms with Crippen LogP contribution in [0.3, 0.4) is 0 Å². The van der Waals surface area contributed by atoms with E-state index in [9.17, 15) is 19.6 Å². The lowest BCUT2D eigenvalue weighted by Gasteiger charge is -2.20. The number of amides is 2. The highest BCUT2D eigenvalue weighted by atomic mass is 16.5. The molecule has 2 amide bonds. The number of nitriles is 1. The van der Waals surface area contributed by atoms with Gasteiger partial charge in [-0.2, -0.15) is 5.26 Å². The van der Waals surface area contributed by atoms with E-state index in [2.05, 4.69) is 10.3 Å². The van der Waals surface area contributed by atoms with E-state index in [1.807, 2.05) is 6.07 Å². The fourth-order valence-electron chi connectivity index (χ4n) is 3.76. The molecule has 1 aromatic heterocycles. The second-order valence-corrected chi connectivity index (χ2v) is 7.25. The van der Waals surface area contributed by atoms with Crippen LogP contribution in [0.5, 0.6) is 5.75 Å². The minimum absolute atomic E-state index is 0.0362. The van der Waals surface area contributed by atoms with Crippen molar-refractivity contribution in [3.05, 3.63) is 50.9 Å². The highest BCUT2D eigenvalue weighted by Gasteiger charge is 2.25. The van der Waals surface area contributed by atoms with Gasteiger partial charge in [0.1, 0.15) is 17.4 Å². The summed E-state index contributed by atoms with van der Waals surface area (Å²) in [6, 6.07) is 7.11. The molecule has 0 aliphatic carbocycles. The third-order valence-corrected chi connectivity index (χ3v) is 5.35. The third kappa shape index (κ3) is 4.20. The summed E-state index contributed by atoms with van der Waals surface area (Å²) in [4.78, 5) is 40.8. The van der Waals surface area contributed by atoms with E-state index in [-0.39, 0.29) is 23.8 Å². The number of pyridine rings is 1. The Hall–Kier alpha value is -3.60. The molecule has 1 fully saturated rings. The zero-order chi connectivity index (χ0) is 21.8. The number of carbonyl (C=O) groups is 2. The molecule has 0 bridgehead atoms. The van der Waals surface area contributed by atoms with Crippen LogP contribution in [-0.4, -0.2) is 30.5 Å². The summed E-state index contributed by atoms with van der Waals surface area (Å²) in [5, 5.41) is 12.0. The first-order valence-electron chi connectivity index (χ1n) is 9.76. The Morgan fingerprint density at radius 3 is 2.73 bits per heavy atom. The molecule has 0 unspecified atom stereocenters. The number of ether oxygens (including phenoxy) is 1. The fraction of sp³-hybridized carbons (Fsp3) is 0.364. The lowest BCUT2D eigenvalue weighted by Crippen LogP contribution is -2.24. The van der Waals surface area contributed by atoms with Gasteiger partial charge in [0, 0.05) is 30.8 Å². The van der Waals surface area contributed by atoms with Gasteiger partial charge in [-0.25, -0.2) is 0 Å². The van der Waals surface area contributed by atoms with Gasteiger partial charge in [0.2, 0.25) is 11.8 Å². The van der Waals surface area contributed by atoms with E-state index in [4.69, 9.17) is 4.74 Å². The Morgan fingerprint density at radius 1 is 1.33 bits per heavy atom. The van der Waals surface area contributed by atoms with Crippen molar-refractivity contribution in [2.45, 2.75) is 39.5 Å². The number of nitrogens with one attached hydrogen (secondary N) is 2. The molecule has 0 atom stereocenters. The van der Waals surface area contributed by atoms with E-state index in [0.717, 1.165) is 12.0 Å². The molecule has 1 aromatic carbocycles. The largest absolute Gasteiger partial charge is 0.495 e. The number of carbonyl (C=O) groups excluding carboxylic acids is 2. The smallest absolute Gasteiger partial charge is 0.266 e. The second-order valence-electron chi connectivity index (χ2n) is 7.25. The molecule has 156 valence electrons. The normalized spacial score (nSPS) is 13.3. The molecule has 1 aliphatic heterocycles. The van der Waals surface area contributed by atoms with Crippen molar-refractivity contribution in [1.29, 1.82) is 5.26 Å². The number of aromatic amines is 1. The monoisotopic (exact) mass is 408 g/mol. The molecule has 1 saturated heterocycles. The highest BCUT2D eigenvalue weighted by molar-refractivity contribution is 5.98. The average molecular weight is 408 g/mol. The summed E-state index contributed by atoms with van der Waals surface area (Å²) in [5.74, 6) is 0.406. The number of hydrogen-bond donors (Lipinski definition) is 2. The van der Waals surface area contributed by atoms with Gasteiger partial charge in [0.15, 0.2) is 0 Å². The standard InChI is InChI=1S/C22H24N4O4/c1-13-16(14(2)24-22(29)17(13)12-23)7-9-20(27)25-15-6-8-19(30-3)18(11-15)26-10-4-5-21(26)28/h6,8,11H,4-5,7,9-10H2,1-3H3,(H,24,29)(H,25,27). The topological polar surface area (TPSA) is 115 Å². The molecule has 2 heterocycles. The number of methoxy groups -OCH3 is 1. The van der Waals surface area contributed by atoms with Crippen molar-refractivity contribution < 1.29 is 14.3 Å². The zero-order valence-electron chi connectivity index (χ0n) is 17.3. The summed E-state index contributed by atoms with van der Waals surface area (Å²) in [7, 11) is 1.54. The maximum Gasteiger partial charge on any atom is 0.266 e. The van der Waals surface area contributed by atoms with Crippen LogP contribution < -0.4 is 20.5 Å². The predicted octanol–water partition coefficient (Wildman–Crippen LogP) is 2.57. The molecular weight excluding hydrogens is 384 g/mol. The summed E-state index contributed by atoms with van der Waals surface area (Å²) in [6.07, 6.45) is 1.87. The Balaban J connectivity index is 1.74. The maximum absolute atomic E-state index is 12.5. The lowest BCUT2D eigenvalue weighted by atomic mass is 9.99. The first kappa shape index (κ1) is 21.1. The van der Waals surface area contributed by atoms with Gasteiger partial charge in [-0.3, -0.25) is 14.4 Å². The van der Waals surface area contributed by atoms with Gasteiger partial charge in [0.25, 0.3) is 5.56 Å². The van der Waals surface area contributed by atoms with E-state index >= 15 is 0 Å². The van der Waals surface area contributed by atoms with E-state index in [1.54, 1.807) is 44.1 Å². The van der Waals surface area contributed by atoms with Gasteiger partial charge >= 0.3 is 0 Å². The van der Waals surface area contributed by atoms with Crippen molar-refractivity contribution in [3.8, 4) is 11.8 Å². The number of hydrogen-bond acceptors (Lipinski definition) is 5. The van der Waals surface area contributed by atoms with Crippen molar-refractivity contribution >= 4 is 23.2 Å². The van der Waals surface area contributed by atoms with Crippen molar-refractivity contribution in [3.63, 3.8) is 0 Å². The molecule has 1 aliphatic rings. The molecule has 2 aromatic rings. The number of rotatable bonds is 6. The molecule has 0 saturated carbocycles. The number of nitrogens with zero attached hydrogens (tertiary/aromatic N) is 2. The quantitative estimate of drug-likeness (QED) is 0.762. The molecule has 8 nitrogen and oxygen atoms in total. The van der Waals surface area contributed by atoms with Crippen LogP contribution in [0.4, 0.5) is 11.4 Å². The minimum atomic E-state index is -0.414. The van der Waals surface area contributed by atoms with Crippen LogP contribution in [0.1, 0.15) is 41.6 Å². The lowest BCUT2D eigenvalue weighted by molar-refractivity contribution is -0.117. The van der Waals surface area contributed by atoms with Gasteiger partial charge in [-0.15, -0.1) is 0 Å². The van der Waals surface area contributed by atoms with Gasteiger partial charge in [0.05, 0.1) is 12.8 Å². The van der Waals surface area contributed by atoms with Crippen LogP contribution in [-0.2, 0) is 16.0 Å². The summed E-state index contributed by atoms with van der Waals surface area (Å²) in [6.45, 7) is 4.10. The van der Waals surface area contributed by atoms with Crippen molar-refractivity contribution in [2.75, 3.05) is 23.9 Å². The summed E-state index contributed by atoms with van der Waals surface area (Å²) in [5.41, 5.74) is 2.93. The zero-order valence-corrected chi connectivity index (χ0v) is 17.3. The number of anilines is 2. The number of benzene rings is 1. The molecule has 30 heavy (non-hydrogen) atoms. The Labute approximate surface area is 174 Å². The minimum Gasteiger partial charge on any atom is -0.495 e. The first-order chi connectivity index (χ1) is 14.3. The van der Waals surface area contributed by atoms with Gasteiger partial charge in [-0.05, 0) is 56.0 Å². The van der Waals surface area contributed by atoms with Gasteiger partial charge in [-0.1, -0.05) is 0 Å². The van der Waals surface area contributed by atoms with Crippen LogP contribution >= 0.6 is 0 Å². The van der Waals surface area contributed by atoms with Crippen LogP contribution in [0.15, 0.2) is 23.0 Å². The summed E-state index contributed by atoms with van der Waals surface area (Å²) < 4.78 is 5.37. The predicted molar refractivity (Wildman–Crippen MR) is 113 cm³/mol. The number of aryl methyl sites for hydroxylation is 1. The van der Waals surface area contributed by atoms with E-state index in [0.29, 0.717) is 47.8 Å². The van der Waals surface area contributed by atoms with E-state index < -0.39 is 5.56 Å². The van der Waals surface area contributed by atoms with E-state index in [1.165, 1.54) is 0 Å². The maximum atomic E-state index is 12.5. The molecule has 0 spiro atoms. The van der Waals surface area contributed by atoms with Gasteiger partial charge < -0.3 is 19.9 Å².